The lowest BCUT2D eigenvalue weighted by Crippen LogP contribution is -1.99. The molecule has 0 spiro atoms. The zero-order chi connectivity index (χ0) is 20.2. The van der Waals surface area contributed by atoms with Crippen molar-refractivity contribution in [3.05, 3.63) is 102 Å². The van der Waals surface area contributed by atoms with Crippen LogP contribution < -0.4 is 10.2 Å². The first kappa shape index (κ1) is 18.3. The number of aromatic nitrogens is 1. The zero-order valence-corrected chi connectivity index (χ0v) is 17.0. The third-order valence-electron chi connectivity index (χ3n) is 4.84. The molecule has 1 aromatic heterocycles. The molecule has 0 amide bonds. The summed E-state index contributed by atoms with van der Waals surface area (Å²) in [6, 6.07) is 30.6. The molecule has 0 saturated carbocycles. The highest BCUT2D eigenvalue weighted by Crippen LogP contribution is 2.26. The molecule has 146 valence electrons. The molecular weight excluding hydrogens is 390 g/mol. The Kier molecular flexibility index (Phi) is 5.10. The third-order valence-corrected chi connectivity index (χ3v) is 5.78. The summed E-state index contributed by atoms with van der Waals surface area (Å²) in [5.74, 6) is 0.792. The van der Waals surface area contributed by atoms with Gasteiger partial charge in [-0.05, 0) is 40.6 Å². The van der Waals surface area contributed by atoms with Crippen LogP contribution >= 0.6 is 11.3 Å². The Bertz CT molecular complexity index is 1300. The van der Waals surface area contributed by atoms with Gasteiger partial charge in [-0.1, -0.05) is 78.1 Å². The largest absolute Gasteiger partial charge is 0.488 e. The maximum Gasteiger partial charge on any atom is 0.204 e. The van der Waals surface area contributed by atoms with Crippen LogP contribution in [-0.4, -0.2) is 11.2 Å². The standard InChI is InChI=1S/C25H19N3OS/c1-3-12-21-18(8-1)10-7-11-20(21)17-29-23-14-5-2-9-19(23)16-26-28-25-27-22-13-4-6-15-24(22)30-25/h1-16H,17H2,(H,27,28)/b26-16+. The Labute approximate surface area is 178 Å². The van der Waals surface area contributed by atoms with E-state index in [4.69, 9.17) is 4.74 Å². The molecule has 0 aliphatic heterocycles. The molecule has 4 aromatic carbocycles. The van der Waals surface area contributed by atoms with Crippen molar-refractivity contribution in [1.29, 1.82) is 0 Å². The highest BCUT2D eigenvalue weighted by molar-refractivity contribution is 7.22. The maximum atomic E-state index is 6.15. The fourth-order valence-electron chi connectivity index (χ4n) is 3.37. The lowest BCUT2D eigenvalue weighted by Gasteiger charge is -2.11. The molecule has 5 aromatic rings. The number of hydrogen-bond acceptors (Lipinski definition) is 5. The predicted octanol–water partition coefficient (Wildman–Crippen LogP) is 6.47. The molecule has 4 nitrogen and oxygen atoms in total. The minimum atomic E-state index is 0.498. The number of nitrogens with one attached hydrogen (secondary N) is 1. The Morgan fingerprint density at radius 1 is 0.867 bits per heavy atom. The van der Waals surface area contributed by atoms with E-state index in [1.165, 1.54) is 10.8 Å². The van der Waals surface area contributed by atoms with Gasteiger partial charge in [0.1, 0.15) is 12.4 Å². The van der Waals surface area contributed by atoms with Crippen molar-refractivity contribution in [1.82, 2.24) is 4.98 Å². The van der Waals surface area contributed by atoms with E-state index in [0.717, 1.165) is 32.2 Å². The van der Waals surface area contributed by atoms with E-state index in [1.54, 1.807) is 17.6 Å². The molecule has 0 atom stereocenters. The molecule has 0 unspecified atom stereocenters. The highest BCUT2D eigenvalue weighted by Gasteiger charge is 2.05. The average molecular weight is 410 g/mol. The summed E-state index contributed by atoms with van der Waals surface area (Å²) in [7, 11) is 0. The van der Waals surface area contributed by atoms with Gasteiger partial charge in [0.15, 0.2) is 0 Å². The molecule has 0 aliphatic carbocycles. The quantitative estimate of drug-likeness (QED) is 0.258. The van der Waals surface area contributed by atoms with Crippen LogP contribution in [0.15, 0.2) is 96.1 Å². The highest BCUT2D eigenvalue weighted by atomic mass is 32.1. The minimum absolute atomic E-state index is 0.498. The van der Waals surface area contributed by atoms with Gasteiger partial charge < -0.3 is 4.74 Å². The van der Waals surface area contributed by atoms with Gasteiger partial charge in [-0.3, -0.25) is 5.43 Å². The Morgan fingerprint density at radius 3 is 2.63 bits per heavy atom. The predicted molar refractivity (Wildman–Crippen MR) is 126 cm³/mol. The molecule has 1 heterocycles. The number of benzene rings is 4. The average Bonchev–Trinajstić information content (AvgIpc) is 3.21. The van der Waals surface area contributed by atoms with Crippen LogP contribution in [0.2, 0.25) is 0 Å². The van der Waals surface area contributed by atoms with Crippen molar-refractivity contribution in [2.75, 3.05) is 5.43 Å². The van der Waals surface area contributed by atoms with Gasteiger partial charge in [0.05, 0.1) is 16.4 Å². The summed E-state index contributed by atoms with van der Waals surface area (Å²) in [6.45, 7) is 0.498. The number of nitrogens with zero attached hydrogens (tertiary/aromatic N) is 2. The maximum absolute atomic E-state index is 6.15. The van der Waals surface area contributed by atoms with Gasteiger partial charge >= 0.3 is 0 Å². The van der Waals surface area contributed by atoms with Crippen LogP contribution in [-0.2, 0) is 6.61 Å². The molecular formula is C25H19N3OS. The van der Waals surface area contributed by atoms with Crippen molar-refractivity contribution >= 4 is 43.7 Å². The van der Waals surface area contributed by atoms with Crippen LogP contribution in [0.5, 0.6) is 5.75 Å². The number of hydrazone groups is 1. The van der Waals surface area contributed by atoms with Crippen molar-refractivity contribution < 1.29 is 4.74 Å². The summed E-state index contributed by atoms with van der Waals surface area (Å²) in [5.41, 5.74) is 6.07. The Morgan fingerprint density at radius 2 is 1.67 bits per heavy atom. The first-order chi connectivity index (χ1) is 14.9. The normalized spacial score (nSPS) is 11.3. The summed E-state index contributed by atoms with van der Waals surface area (Å²) in [4.78, 5) is 4.53. The van der Waals surface area contributed by atoms with E-state index in [9.17, 15) is 0 Å². The summed E-state index contributed by atoms with van der Waals surface area (Å²) in [5, 5.41) is 7.56. The molecule has 1 N–H and O–H groups in total. The fraction of sp³-hybridized carbons (Fsp3) is 0.0400. The molecule has 0 radical (unpaired) electrons. The van der Waals surface area contributed by atoms with Crippen LogP contribution in [0.4, 0.5) is 5.13 Å². The van der Waals surface area contributed by atoms with E-state index in [1.807, 2.05) is 42.5 Å². The SMILES string of the molecule is C(=N\Nc1nc2ccccc2s1)/c1ccccc1OCc1cccc2ccccc12. The monoisotopic (exact) mass is 409 g/mol. The second kappa shape index (κ2) is 8.35. The second-order valence-corrected chi connectivity index (χ2v) is 7.85. The summed E-state index contributed by atoms with van der Waals surface area (Å²) < 4.78 is 7.28. The van der Waals surface area contributed by atoms with Gasteiger partial charge in [-0.25, -0.2) is 4.98 Å². The molecule has 5 rings (SSSR count). The topological polar surface area (TPSA) is 46.5 Å². The third kappa shape index (κ3) is 3.88. The van der Waals surface area contributed by atoms with E-state index < -0.39 is 0 Å². The number of thiazole rings is 1. The van der Waals surface area contributed by atoms with Gasteiger partial charge in [0.2, 0.25) is 5.13 Å². The molecule has 0 fully saturated rings. The van der Waals surface area contributed by atoms with Crippen molar-refractivity contribution in [3.63, 3.8) is 0 Å². The number of fused-ring (bicyclic) bond motifs is 2. The molecule has 0 aliphatic rings. The number of rotatable bonds is 6. The van der Waals surface area contributed by atoms with Crippen molar-refractivity contribution in [2.24, 2.45) is 5.10 Å². The van der Waals surface area contributed by atoms with Crippen LogP contribution in [0.25, 0.3) is 21.0 Å². The minimum Gasteiger partial charge on any atom is -0.488 e. The summed E-state index contributed by atoms with van der Waals surface area (Å²) in [6.07, 6.45) is 1.77. The van der Waals surface area contributed by atoms with E-state index >= 15 is 0 Å². The molecule has 0 saturated heterocycles. The molecule has 30 heavy (non-hydrogen) atoms. The van der Waals surface area contributed by atoms with Crippen LogP contribution in [0.1, 0.15) is 11.1 Å². The van der Waals surface area contributed by atoms with E-state index in [0.29, 0.717) is 6.61 Å². The van der Waals surface area contributed by atoms with Crippen molar-refractivity contribution in [3.8, 4) is 5.75 Å². The summed E-state index contributed by atoms with van der Waals surface area (Å²) >= 11 is 1.58. The fourth-order valence-corrected chi connectivity index (χ4v) is 4.19. The number of para-hydroxylation sites is 2. The van der Waals surface area contributed by atoms with Crippen LogP contribution in [0, 0.1) is 0 Å². The number of anilines is 1. The van der Waals surface area contributed by atoms with Crippen LogP contribution in [0.3, 0.4) is 0 Å². The Balaban J connectivity index is 1.32. The van der Waals surface area contributed by atoms with Gasteiger partial charge in [0, 0.05) is 5.56 Å². The first-order valence-corrected chi connectivity index (χ1v) is 10.5. The first-order valence-electron chi connectivity index (χ1n) is 9.70. The second-order valence-electron chi connectivity index (χ2n) is 6.82. The van der Waals surface area contributed by atoms with E-state index in [-0.39, 0.29) is 0 Å². The number of ether oxygens (including phenoxy) is 1. The number of hydrogen-bond donors (Lipinski definition) is 1. The van der Waals surface area contributed by atoms with Gasteiger partial charge in [0.25, 0.3) is 0 Å². The molecule has 0 bridgehead atoms. The van der Waals surface area contributed by atoms with E-state index in [2.05, 4.69) is 64.0 Å². The lowest BCUT2D eigenvalue weighted by atomic mass is 10.1. The van der Waals surface area contributed by atoms with Gasteiger partial charge in [-0.2, -0.15) is 5.10 Å². The van der Waals surface area contributed by atoms with Gasteiger partial charge in [-0.15, -0.1) is 0 Å². The lowest BCUT2D eigenvalue weighted by molar-refractivity contribution is 0.307. The smallest absolute Gasteiger partial charge is 0.204 e. The zero-order valence-electron chi connectivity index (χ0n) is 16.2. The van der Waals surface area contributed by atoms with Crippen molar-refractivity contribution in [2.45, 2.75) is 6.61 Å². The Hall–Kier alpha value is -3.70. The molecule has 5 heteroatoms.